The lowest BCUT2D eigenvalue weighted by atomic mass is 10.1. The Balaban J connectivity index is 2.76. The average molecular weight is 218 g/mol. The van der Waals surface area contributed by atoms with E-state index in [2.05, 4.69) is 5.32 Å². The first-order chi connectivity index (χ1) is 7.56. The molecular weight excluding hydrogens is 204 g/mol. The summed E-state index contributed by atoms with van der Waals surface area (Å²) in [5.41, 5.74) is 7.13. The van der Waals surface area contributed by atoms with Crippen LogP contribution in [0.2, 0.25) is 0 Å². The molecule has 84 valence electrons. The second kappa shape index (κ2) is 5.03. The van der Waals surface area contributed by atoms with E-state index in [1.807, 2.05) is 6.07 Å². The minimum absolute atomic E-state index is 0.0539. The molecule has 0 spiro atoms. The molecular formula is C11H14N4O. The van der Waals surface area contributed by atoms with Gasteiger partial charge in [0, 0.05) is 14.1 Å². The van der Waals surface area contributed by atoms with Crippen molar-refractivity contribution in [1.29, 1.82) is 5.26 Å². The van der Waals surface area contributed by atoms with Gasteiger partial charge in [-0.15, -0.1) is 0 Å². The van der Waals surface area contributed by atoms with Crippen LogP contribution in [0.1, 0.15) is 5.56 Å². The van der Waals surface area contributed by atoms with Crippen molar-refractivity contribution in [2.75, 3.05) is 31.7 Å². The highest BCUT2D eigenvalue weighted by Crippen LogP contribution is 2.21. The Labute approximate surface area is 94.5 Å². The van der Waals surface area contributed by atoms with Crippen molar-refractivity contribution in [3.63, 3.8) is 0 Å². The molecule has 3 N–H and O–H groups in total. The topological polar surface area (TPSA) is 82.2 Å². The van der Waals surface area contributed by atoms with Crippen LogP contribution < -0.4 is 11.1 Å². The van der Waals surface area contributed by atoms with Gasteiger partial charge in [0.25, 0.3) is 0 Å². The maximum atomic E-state index is 11.3. The lowest BCUT2D eigenvalue weighted by Gasteiger charge is -2.13. The van der Waals surface area contributed by atoms with E-state index in [0.29, 0.717) is 16.9 Å². The minimum Gasteiger partial charge on any atom is -0.396 e. The maximum absolute atomic E-state index is 11.3. The first kappa shape index (κ1) is 11.9. The number of carbonyl (C=O) groups is 1. The number of hydrogen-bond donors (Lipinski definition) is 2. The van der Waals surface area contributed by atoms with E-state index in [-0.39, 0.29) is 12.5 Å². The lowest BCUT2D eigenvalue weighted by Crippen LogP contribution is -2.28. The fraction of sp³-hybridized carbons (Fsp3) is 0.273. The highest BCUT2D eigenvalue weighted by molar-refractivity contribution is 5.82. The third-order valence-electron chi connectivity index (χ3n) is 2.16. The molecule has 0 saturated heterocycles. The van der Waals surface area contributed by atoms with Crippen LogP contribution in [-0.4, -0.2) is 31.4 Å². The lowest BCUT2D eigenvalue weighted by molar-refractivity contribution is -0.126. The van der Waals surface area contributed by atoms with E-state index < -0.39 is 0 Å². The predicted molar refractivity (Wildman–Crippen MR) is 62.8 cm³/mol. The number of nitrogens with one attached hydrogen (secondary N) is 1. The van der Waals surface area contributed by atoms with Gasteiger partial charge in [-0.2, -0.15) is 5.26 Å². The molecule has 1 aromatic rings. The van der Waals surface area contributed by atoms with E-state index >= 15 is 0 Å². The SMILES string of the molecule is CN(C)C(=O)CNc1cccc(C#N)c1N. The molecule has 5 heteroatoms. The number of nitrogens with zero attached hydrogens (tertiary/aromatic N) is 2. The fourth-order valence-corrected chi connectivity index (χ4v) is 1.15. The van der Waals surface area contributed by atoms with Gasteiger partial charge >= 0.3 is 0 Å². The summed E-state index contributed by atoms with van der Waals surface area (Å²) in [5.74, 6) is -0.0539. The monoisotopic (exact) mass is 218 g/mol. The van der Waals surface area contributed by atoms with Crippen LogP contribution >= 0.6 is 0 Å². The number of benzene rings is 1. The minimum atomic E-state index is -0.0539. The summed E-state index contributed by atoms with van der Waals surface area (Å²) in [5, 5.41) is 11.7. The number of nitrogen functional groups attached to an aromatic ring is 1. The first-order valence-electron chi connectivity index (χ1n) is 4.79. The smallest absolute Gasteiger partial charge is 0.241 e. The van der Waals surface area contributed by atoms with Crippen molar-refractivity contribution in [3.8, 4) is 6.07 Å². The van der Waals surface area contributed by atoms with Crippen LogP contribution in [0.4, 0.5) is 11.4 Å². The predicted octanol–water partition coefficient (Wildman–Crippen LogP) is 0.641. The zero-order valence-electron chi connectivity index (χ0n) is 9.32. The number of carbonyl (C=O) groups excluding carboxylic acids is 1. The van der Waals surface area contributed by atoms with Crippen LogP contribution in [0.15, 0.2) is 18.2 Å². The Hall–Kier alpha value is -2.22. The molecule has 1 amide bonds. The molecule has 0 fully saturated rings. The van der Waals surface area contributed by atoms with Crippen molar-refractivity contribution in [1.82, 2.24) is 4.90 Å². The molecule has 5 nitrogen and oxygen atoms in total. The van der Waals surface area contributed by atoms with E-state index in [1.165, 1.54) is 4.90 Å². The van der Waals surface area contributed by atoms with E-state index in [9.17, 15) is 4.79 Å². The standard InChI is InChI=1S/C11H14N4O/c1-15(2)10(16)7-14-9-5-3-4-8(6-12)11(9)13/h3-5,14H,7,13H2,1-2H3. The fourth-order valence-electron chi connectivity index (χ4n) is 1.15. The summed E-state index contributed by atoms with van der Waals surface area (Å²) in [6.45, 7) is 0.159. The number of para-hydroxylation sites is 1. The molecule has 0 unspecified atom stereocenters. The second-order valence-corrected chi connectivity index (χ2v) is 3.52. The van der Waals surface area contributed by atoms with Gasteiger partial charge < -0.3 is 16.0 Å². The number of hydrogen-bond acceptors (Lipinski definition) is 4. The van der Waals surface area contributed by atoms with Gasteiger partial charge in [-0.3, -0.25) is 4.79 Å². The number of rotatable bonds is 3. The molecule has 1 rings (SSSR count). The number of likely N-dealkylation sites (N-methyl/N-ethyl adjacent to an activating group) is 1. The molecule has 0 aliphatic heterocycles. The Morgan fingerprint density at radius 1 is 1.56 bits per heavy atom. The van der Waals surface area contributed by atoms with E-state index in [0.717, 1.165) is 0 Å². The zero-order chi connectivity index (χ0) is 12.1. The van der Waals surface area contributed by atoms with Crippen LogP contribution in [0.3, 0.4) is 0 Å². The third kappa shape index (κ3) is 2.64. The first-order valence-corrected chi connectivity index (χ1v) is 4.79. The van der Waals surface area contributed by atoms with Gasteiger partial charge in [-0.05, 0) is 12.1 Å². The number of nitriles is 1. The summed E-state index contributed by atoms with van der Waals surface area (Å²) in [7, 11) is 3.36. The molecule has 0 heterocycles. The van der Waals surface area contributed by atoms with Crippen molar-refractivity contribution < 1.29 is 4.79 Å². The summed E-state index contributed by atoms with van der Waals surface area (Å²) in [4.78, 5) is 12.8. The van der Waals surface area contributed by atoms with Gasteiger partial charge in [0.2, 0.25) is 5.91 Å². The second-order valence-electron chi connectivity index (χ2n) is 3.52. The molecule has 0 atom stereocenters. The van der Waals surface area contributed by atoms with Crippen molar-refractivity contribution in [3.05, 3.63) is 23.8 Å². The largest absolute Gasteiger partial charge is 0.396 e. The molecule has 1 aromatic carbocycles. The molecule has 16 heavy (non-hydrogen) atoms. The number of anilines is 2. The Morgan fingerprint density at radius 2 is 2.25 bits per heavy atom. The van der Waals surface area contributed by atoms with E-state index in [4.69, 9.17) is 11.0 Å². The number of amides is 1. The Bertz CT molecular complexity index is 434. The maximum Gasteiger partial charge on any atom is 0.241 e. The van der Waals surface area contributed by atoms with E-state index in [1.54, 1.807) is 32.3 Å². The third-order valence-corrected chi connectivity index (χ3v) is 2.16. The molecule has 0 aliphatic rings. The molecule has 0 aromatic heterocycles. The van der Waals surface area contributed by atoms with Crippen LogP contribution in [-0.2, 0) is 4.79 Å². The molecule has 0 saturated carbocycles. The highest BCUT2D eigenvalue weighted by atomic mass is 16.2. The summed E-state index contributed by atoms with van der Waals surface area (Å²) in [6.07, 6.45) is 0. The Kier molecular flexibility index (Phi) is 3.72. The van der Waals surface area contributed by atoms with Crippen molar-refractivity contribution in [2.24, 2.45) is 0 Å². The van der Waals surface area contributed by atoms with Gasteiger partial charge in [-0.25, -0.2) is 0 Å². The molecule has 0 aliphatic carbocycles. The summed E-state index contributed by atoms with van der Waals surface area (Å²) >= 11 is 0. The van der Waals surface area contributed by atoms with Crippen LogP contribution in [0, 0.1) is 11.3 Å². The quantitative estimate of drug-likeness (QED) is 0.729. The Morgan fingerprint density at radius 3 is 2.81 bits per heavy atom. The van der Waals surface area contributed by atoms with Gasteiger partial charge in [0.1, 0.15) is 6.07 Å². The van der Waals surface area contributed by atoms with Gasteiger partial charge in [-0.1, -0.05) is 6.07 Å². The highest BCUT2D eigenvalue weighted by Gasteiger charge is 2.07. The molecule has 0 radical (unpaired) electrons. The van der Waals surface area contributed by atoms with Crippen molar-refractivity contribution in [2.45, 2.75) is 0 Å². The normalized spacial score (nSPS) is 9.31. The molecule has 0 bridgehead atoms. The summed E-state index contributed by atoms with van der Waals surface area (Å²) < 4.78 is 0. The number of nitrogens with two attached hydrogens (primary N) is 1. The average Bonchev–Trinajstić information content (AvgIpc) is 2.27. The van der Waals surface area contributed by atoms with Gasteiger partial charge in [0.15, 0.2) is 0 Å². The van der Waals surface area contributed by atoms with Crippen LogP contribution in [0.25, 0.3) is 0 Å². The van der Waals surface area contributed by atoms with Gasteiger partial charge in [0.05, 0.1) is 23.5 Å². The van der Waals surface area contributed by atoms with Crippen molar-refractivity contribution >= 4 is 17.3 Å². The van der Waals surface area contributed by atoms with Crippen LogP contribution in [0.5, 0.6) is 0 Å². The zero-order valence-corrected chi connectivity index (χ0v) is 9.32. The summed E-state index contributed by atoms with van der Waals surface area (Å²) in [6, 6.07) is 7.07.